The molecule has 0 aromatic rings. The zero-order valence-electron chi connectivity index (χ0n) is 9.72. The van der Waals surface area contributed by atoms with Crippen LogP contribution < -0.4 is 21.3 Å². The number of rotatable bonds is 3. The molecule has 5 nitrogen and oxygen atoms in total. The molecule has 0 saturated carbocycles. The molecule has 0 spiro atoms. The van der Waals surface area contributed by atoms with Crippen LogP contribution in [-0.2, 0) is 0 Å². The molecule has 2 heterocycles. The van der Waals surface area contributed by atoms with Gasteiger partial charge in [-0.25, -0.2) is 4.79 Å². The fourth-order valence-electron chi connectivity index (χ4n) is 2.33. The van der Waals surface area contributed by atoms with Crippen LogP contribution in [0.25, 0.3) is 0 Å². The van der Waals surface area contributed by atoms with E-state index in [1.807, 2.05) is 0 Å². The highest BCUT2D eigenvalue weighted by atomic mass is 16.2. The lowest BCUT2D eigenvalue weighted by Crippen LogP contribution is -2.50. The average molecular weight is 226 g/mol. The molecule has 92 valence electrons. The second-order valence-electron chi connectivity index (χ2n) is 4.65. The third-order valence-electron chi connectivity index (χ3n) is 3.29. The van der Waals surface area contributed by atoms with Gasteiger partial charge in [0.25, 0.3) is 0 Å². The normalized spacial score (nSPS) is 30.0. The van der Waals surface area contributed by atoms with Crippen LogP contribution in [0.5, 0.6) is 0 Å². The van der Waals surface area contributed by atoms with Gasteiger partial charge in [0.15, 0.2) is 0 Å². The first-order valence-corrected chi connectivity index (χ1v) is 6.36. The highest BCUT2D eigenvalue weighted by Gasteiger charge is 2.17. The molecule has 0 bridgehead atoms. The quantitative estimate of drug-likeness (QED) is 0.553. The summed E-state index contributed by atoms with van der Waals surface area (Å²) >= 11 is 0. The van der Waals surface area contributed by atoms with Crippen molar-refractivity contribution in [2.75, 3.05) is 19.6 Å². The lowest BCUT2D eigenvalue weighted by atomic mass is 10.1. The molecule has 2 unspecified atom stereocenters. The molecular weight excluding hydrogens is 204 g/mol. The van der Waals surface area contributed by atoms with Crippen molar-refractivity contribution in [3.8, 4) is 0 Å². The summed E-state index contributed by atoms with van der Waals surface area (Å²) in [4.78, 5) is 11.6. The molecule has 2 atom stereocenters. The summed E-state index contributed by atoms with van der Waals surface area (Å²) in [6.07, 6.45) is 6.05. The smallest absolute Gasteiger partial charge is 0.316 e. The van der Waals surface area contributed by atoms with Gasteiger partial charge < -0.3 is 16.0 Å². The Hall–Kier alpha value is -0.810. The van der Waals surface area contributed by atoms with Crippen molar-refractivity contribution in [1.29, 1.82) is 0 Å². The van der Waals surface area contributed by atoms with Crippen LogP contribution in [0, 0.1) is 0 Å². The molecule has 2 saturated heterocycles. The van der Waals surface area contributed by atoms with E-state index in [1.54, 1.807) is 0 Å². The Morgan fingerprint density at radius 2 is 2.00 bits per heavy atom. The summed E-state index contributed by atoms with van der Waals surface area (Å²) in [5, 5.41) is 12.5. The second-order valence-corrected chi connectivity index (χ2v) is 4.65. The molecule has 4 N–H and O–H groups in total. The van der Waals surface area contributed by atoms with Crippen molar-refractivity contribution in [3.05, 3.63) is 0 Å². The molecular formula is C11H22N4O. The van der Waals surface area contributed by atoms with Gasteiger partial charge in [-0.2, -0.15) is 0 Å². The van der Waals surface area contributed by atoms with E-state index < -0.39 is 0 Å². The highest BCUT2D eigenvalue weighted by Crippen LogP contribution is 2.05. The largest absolute Gasteiger partial charge is 0.337 e. The maximum Gasteiger partial charge on any atom is 0.316 e. The minimum absolute atomic E-state index is 0.0493. The summed E-state index contributed by atoms with van der Waals surface area (Å²) in [7, 11) is 0. The van der Waals surface area contributed by atoms with Gasteiger partial charge in [-0.3, -0.25) is 5.32 Å². The number of carbonyl (C=O) groups is 1. The van der Waals surface area contributed by atoms with Crippen molar-refractivity contribution in [3.63, 3.8) is 0 Å². The Morgan fingerprint density at radius 3 is 2.69 bits per heavy atom. The monoisotopic (exact) mass is 226 g/mol. The standard InChI is InChI=1S/C11H22N4O/c16-11(15-10-5-3-7-13-10)14-8-9-4-1-2-6-12-9/h9-10,12-13H,1-8H2,(H2,14,15,16). The van der Waals surface area contributed by atoms with Gasteiger partial charge in [0.1, 0.15) is 0 Å². The summed E-state index contributed by atoms with van der Waals surface area (Å²) in [5.41, 5.74) is 0. The van der Waals surface area contributed by atoms with E-state index in [0.29, 0.717) is 6.04 Å². The van der Waals surface area contributed by atoms with Crippen LogP contribution in [-0.4, -0.2) is 37.9 Å². The van der Waals surface area contributed by atoms with E-state index in [9.17, 15) is 4.79 Å². The number of nitrogens with one attached hydrogen (secondary N) is 4. The van der Waals surface area contributed by atoms with Gasteiger partial charge in [-0.1, -0.05) is 6.42 Å². The summed E-state index contributed by atoms with van der Waals surface area (Å²) in [6, 6.07) is 0.405. The Bertz CT molecular complexity index is 222. The molecule has 16 heavy (non-hydrogen) atoms. The van der Waals surface area contributed by atoms with Crippen molar-refractivity contribution in [2.24, 2.45) is 0 Å². The predicted molar refractivity (Wildman–Crippen MR) is 63.2 cm³/mol. The van der Waals surface area contributed by atoms with E-state index in [-0.39, 0.29) is 12.2 Å². The van der Waals surface area contributed by atoms with Gasteiger partial charge in [0.2, 0.25) is 0 Å². The Morgan fingerprint density at radius 1 is 1.12 bits per heavy atom. The van der Waals surface area contributed by atoms with Crippen LogP contribution in [0.15, 0.2) is 0 Å². The summed E-state index contributed by atoms with van der Waals surface area (Å²) < 4.78 is 0. The molecule has 0 aliphatic carbocycles. The average Bonchev–Trinajstić information content (AvgIpc) is 2.81. The van der Waals surface area contributed by atoms with Gasteiger partial charge in [-0.15, -0.1) is 0 Å². The maximum atomic E-state index is 11.6. The topological polar surface area (TPSA) is 65.2 Å². The highest BCUT2D eigenvalue weighted by molar-refractivity contribution is 5.74. The van der Waals surface area contributed by atoms with E-state index in [4.69, 9.17) is 0 Å². The third-order valence-corrected chi connectivity index (χ3v) is 3.29. The minimum Gasteiger partial charge on any atom is -0.337 e. The molecule has 2 aliphatic heterocycles. The molecule has 2 rings (SSSR count). The molecule has 0 aromatic carbocycles. The number of hydrogen-bond donors (Lipinski definition) is 4. The summed E-state index contributed by atoms with van der Waals surface area (Å²) in [6.45, 7) is 2.83. The Kier molecular flexibility index (Phi) is 4.42. The lowest BCUT2D eigenvalue weighted by molar-refractivity contribution is 0.233. The Balaban J connectivity index is 1.59. The first kappa shape index (κ1) is 11.7. The van der Waals surface area contributed by atoms with Crippen molar-refractivity contribution < 1.29 is 4.79 Å². The fraction of sp³-hybridized carbons (Fsp3) is 0.909. The maximum absolute atomic E-state index is 11.6. The number of carbonyl (C=O) groups excluding carboxylic acids is 1. The first-order chi connectivity index (χ1) is 7.84. The zero-order valence-corrected chi connectivity index (χ0v) is 9.72. The van der Waals surface area contributed by atoms with E-state index in [0.717, 1.165) is 32.5 Å². The van der Waals surface area contributed by atoms with Gasteiger partial charge in [0, 0.05) is 12.6 Å². The summed E-state index contributed by atoms with van der Waals surface area (Å²) in [5.74, 6) is 0. The first-order valence-electron chi connectivity index (χ1n) is 6.36. The number of piperidine rings is 1. The van der Waals surface area contributed by atoms with E-state index >= 15 is 0 Å². The lowest BCUT2D eigenvalue weighted by Gasteiger charge is -2.24. The van der Waals surface area contributed by atoms with Crippen LogP contribution in [0.1, 0.15) is 32.1 Å². The fourth-order valence-corrected chi connectivity index (χ4v) is 2.33. The Labute approximate surface area is 96.7 Å². The zero-order chi connectivity index (χ0) is 11.2. The van der Waals surface area contributed by atoms with Crippen molar-refractivity contribution in [1.82, 2.24) is 21.3 Å². The van der Waals surface area contributed by atoms with E-state index in [1.165, 1.54) is 19.3 Å². The van der Waals surface area contributed by atoms with Crippen LogP contribution in [0.2, 0.25) is 0 Å². The van der Waals surface area contributed by atoms with E-state index in [2.05, 4.69) is 21.3 Å². The molecule has 2 fully saturated rings. The number of urea groups is 1. The molecule has 2 amide bonds. The van der Waals surface area contributed by atoms with Crippen LogP contribution >= 0.6 is 0 Å². The van der Waals surface area contributed by atoms with Gasteiger partial charge >= 0.3 is 6.03 Å². The number of amides is 2. The van der Waals surface area contributed by atoms with Crippen molar-refractivity contribution >= 4 is 6.03 Å². The van der Waals surface area contributed by atoms with Crippen molar-refractivity contribution in [2.45, 2.75) is 44.3 Å². The molecule has 5 heteroatoms. The SMILES string of the molecule is O=C(NCC1CCCCN1)NC1CCCN1. The third kappa shape index (κ3) is 3.64. The van der Waals surface area contributed by atoms with Gasteiger partial charge in [-0.05, 0) is 38.8 Å². The minimum atomic E-state index is -0.0493. The number of hydrogen-bond acceptors (Lipinski definition) is 3. The second kappa shape index (κ2) is 6.06. The molecule has 2 aliphatic rings. The van der Waals surface area contributed by atoms with Crippen LogP contribution in [0.3, 0.4) is 0 Å². The predicted octanol–water partition coefficient (Wildman–Crippen LogP) is 0.137. The van der Waals surface area contributed by atoms with Crippen LogP contribution in [0.4, 0.5) is 4.79 Å². The molecule has 0 aromatic heterocycles. The van der Waals surface area contributed by atoms with Gasteiger partial charge in [0.05, 0.1) is 6.17 Å². The molecule has 0 radical (unpaired) electrons.